The molecule has 140 valence electrons. The Morgan fingerprint density at radius 3 is 2.17 bits per heavy atom. The summed E-state index contributed by atoms with van der Waals surface area (Å²) in [6, 6.07) is 27.2. The molecule has 0 atom stereocenters. The number of nitrogens with one attached hydrogen (secondary N) is 1. The Bertz CT molecular complexity index is 1370. The highest BCUT2D eigenvalue weighted by molar-refractivity contribution is 14.1. The molecule has 2 aromatic heterocycles. The highest BCUT2D eigenvalue weighted by Gasteiger charge is 2.12. The summed E-state index contributed by atoms with van der Waals surface area (Å²) < 4.78 is 3.68. The molecule has 29 heavy (non-hydrogen) atoms. The van der Waals surface area contributed by atoms with Gasteiger partial charge >= 0.3 is 0 Å². The van der Waals surface area contributed by atoms with Crippen molar-refractivity contribution in [3.63, 3.8) is 0 Å². The molecule has 5 rings (SSSR count). The molecule has 1 N–H and O–H groups in total. The van der Waals surface area contributed by atoms with Crippen LogP contribution >= 0.6 is 34.8 Å². The van der Waals surface area contributed by atoms with E-state index < -0.39 is 0 Å². The molecule has 0 unspecified atom stereocenters. The second-order valence-electron chi connectivity index (χ2n) is 6.76. The third-order valence-electron chi connectivity index (χ3n) is 4.98. The summed E-state index contributed by atoms with van der Waals surface area (Å²) in [5, 5.41) is 0. The minimum Gasteiger partial charge on any atom is -0.339 e. The van der Waals surface area contributed by atoms with Gasteiger partial charge < -0.3 is 4.98 Å². The Morgan fingerprint density at radius 1 is 0.759 bits per heavy atom. The van der Waals surface area contributed by atoms with Crippen LogP contribution in [0.3, 0.4) is 0 Å². The van der Waals surface area contributed by atoms with E-state index in [0.717, 1.165) is 28.0 Å². The van der Waals surface area contributed by atoms with Crippen LogP contribution in [0.15, 0.2) is 91.3 Å². The maximum absolute atomic E-state index is 5.47. The lowest BCUT2D eigenvalue weighted by Crippen LogP contribution is -1.92. The number of aromatic nitrogens is 3. The summed E-state index contributed by atoms with van der Waals surface area (Å²) in [5.41, 5.74) is 7.65. The summed E-state index contributed by atoms with van der Waals surface area (Å²) in [5.74, 6) is 0. The van der Waals surface area contributed by atoms with Gasteiger partial charge in [0, 0.05) is 27.1 Å². The molecule has 0 fully saturated rings. The van der Waals surface area contributed by atoms with E-state index in [1.54, 1.807) is 0 Å². The molecule has 0 amide bonds. The third kappa shape index (κ3) is 3.41. The summed E-state index contributed by atoms with van der Waals surface area (Å²) in [4.78, 5) is 8.01. The summed E-state index contributed by atoms with van der Waals surface area (Å²) in [6.45, 7) is 0. The Labute approximate surface area is 187 Å². The number of aromatic amines is 1. The van der Waals surface area contributed by atoms with Crippen LogP contribution in [-0.4, -0.2) is 14.4 Å². The minimum absolute atomic E-state index is 0.540. The van der Waals surface area contributed by atoms with Gasteiger partial charge in [-0.15, -0.1) is 0 Å². The van der Waals surface area contributed by atoms with Crippen LogP contribution in [0.25, 0.3) is 39.2 Å². The molecule has 3 nitrogen and oxygen atoms in total. The summed E-state index contributed by atoms with van der Waals surface area (Å²) in [7, 11) is 0. The number of rotatable bonds is 3. The van der Waals surface area contributed by atoms with Crippen molar-refractivity contribution in [2.75, 3.05) is 0 Å². The molecule has 0 aliphatic heterocycles. The molecule has 0 aliphatic rings. The van der Waals surface area contributed by atoms with Crippen LogP contribution in [0, 0.1) is 8.34 Å². The molecule has 5 heteroatoms. The van der Waals surface area contributed by atoms with Gasteiger partial charge in [-0.1, -0.05) is 72.8 Å². The van der Waals surface area contributed by atoms with Crippen molar-refractivity contribution in [3.05, 3.63) is 99.6 Å². The largest absolute Gasteiger partial charge is 0.339 e. The van der Waals surface area contributed by atoms with E-state index in [2.05, 4.69) is 93.2 Å². The molecule has 3 aromatic carbocycles. The second kappa shape index (κ2) is 7.57. The van der Waals surface area contributed by atoms with Gasteiger partial charge in [0.25, 0.3) is 0 Å². The lowest BCUT2D eigenvalue weighted by atomic mass is 10.0. The number of hydrogen-bond donors (Lipinski definition) is 1. The zero-order valence-electron chi connectivity index (χ0n) is 15.3. The van der Waals surface area contributed by atoms with Crippen LogP contribution in [0.5, 0.6) is 0 Å². The van der Waals surface area contributed by atoms with Crippen molar-refractivity contribution in [1.29, 1.82) is 0 Å². The number of fused-ring (bicyclic) bond motifs is 1. The van der Waals surface area contributed by atoms with E-state index >= 15 is 0 Å². The Kier molecular flexibility index (Phi) is 4.77. The average Bonchev–Trinajstić information content (AvgIpc) is 3.21. The lowest BCUT2D eigenvalue weighted by Gasteiger charge is -2.06. The molecule has 0 bridgehead atoms. The van der Waals surface area contributed by atoms with Gasteiger partial charge in [0.05, 0.1) is 5.69 Å². The molecule has 0 aliphatic carbocycles. The first-order valence-corrected chi connectivity index (χ1v) is 10.7. The number of benzene rings is 3. The fraction of sp³-hybridized carbons (Fsp3) is 0. The zero-order valence-corrected chi connectivity index (χ0v) is 18.3. The quantitative estimate of drug-likeness (QED) is 0.212. The highest BCUT2D eigenvalue weighted by atomic mass is 127. The second-order valence-corrected chi connectivity index (χ2v) is 8.29. The van der Waals surface area contributed by atoms with Gasteiger partial charge in [-0.2, -0.15) is 0 Å². The van der Waals surface area contributed by atoms with Crippen LogP contribution in [0.1, 0.15) is 0 Å². The number of nitrogens with zero attached hydrogens (tertiary/aromatic N) is 2. The Balaban J connectivity index is 1.63. The smallest absolute Gasteiger partial charge is 0.205 e. The molecule has 5 aromatic rings. The van der Waals surface area contributed by atoms with Crippen molar-refractivity contribution >= 4 is 40.5 Å². The third-order valence-corrected chi connectivity index (χ3v) is 6.23. The van der Waals surface area contributed by atoms with Gasteiger partial charge in [0.2, 0.25) is 4.77 Å². The SMILES string of the molecule is S=c1ncc(-c2ccc(-c3ccccc3)cc2)c2[nH]c(-c3ccccc3I)cn12. The zero-order chi connectivity index (χ0) is 19.8. The lowest BCUT2D eigenvalue weighted by molar-refractivity contribution is 1.06. The van der Waals surface area contributed by atoms with Gasteiger partial charge in [-0.25, -0.2) is 4.98 Å². The van der Waals surface area contributed by atoms with Crippen molar-refractivity contribution in [2.24, 2.45) is 0 Å². The van der Waals surface area contributed by atoms with Crippen molar-refractivity contribution < 1.29 is 0 Å². The van der Waals surface area contributed by atoms with Crippen molar-refractivity contribution in [3.8, 4) is 33.5 Å². The first-order chi connectivity index (χ1) is 14.2. The van der Waals surface area contributed by atoms with E-state index in [1.165, 1.54) is 14.7 Å². The predicted octanol–water partition coefficient (Wildman–Crippen LogP) is 7.00. The molecule has 2 heterocycles. The maximum atomic E-state index is 5.47. The van der Waals surface area contributed by atoms with Crippen molar-refractivity contribution in [1.82, 2.24) is 14.4 Å². The van der Waals surface area contributed by atoms with Gasteiger partial charge in [0.1, 0.15) is 5.65 Å². The predicted molar refractivity (Wildman–Crippen MR) is 129 cm³/mol. The van der Waals surface area contributed by atoms with Crippen LogP contribution in [0.4, 0.5) is 0 Å². The number of H-pyrrole nitrogens is 1. The average molecular weight is 505 g/mol. The fourth-order valence-electron chi connectivity index (χ4n) is 3.51. The fourth-order valence-corrected chi connectivity index (χ4v) is 4.38. The van der Waals surface area contributed by atoms with Gasteiger partial charge in [0.15, 0.2) is 0 Å². The normalized spacial score (nSPS) is 11.1. The van der Waals surface area contributed by atoms with E-state index in [1.807, 2.05) is 35.0 Å². The molecule has 0 radical (unpaired) electrons. The topological polar surface area (TPSA) is 33.1 Å². The van der Waals surface area contributed by atoms with Crippen LogP contribution in [-0.2, 0) is 0 Å². The monoisotopic (exact) mass is 505 g/mol. The molecular weight excluding hydrogens is 489 g/mol. The number of hydrogen-bond acceptors (Lipinski definition) is 2. The Morgan fingerprint density at radius 2 is 1.41 bits per heavy atom. The van der Waals surface area contributed by atoms with Gasteiger partial charge in [-0.3, -0.25) is 4.40 Å². The molecular formula is C24H16IN3S. The summed E-state index contributed by atoms with van der Waals surface area (Å²) >= 11 is 7.83. The van der Waals surface area contributed by atoms with E-state index in [-0.39, 0.29) is 0 Å². The van der Waals surface area contributed by atoms with E-state index in [9.17, 15) is 0 Å². The van der Waals surface area contributed by atoms with Crippen LogP contribution in [0.2, 0.25) is 0 Å². The first-order valence-electron chi connectivity index (χ1n) is 9.22. The highest BCUT2D eigenvalue weighted by Crippen LogP contribution is 2.30. The minimum atomic E-state index is 0.540. The number of imidazole rings is 1. The van der Waals surface area contributed by atoms with Crippen molar-refractivity contribution in [2.45, 2.75) is 0 Å². The Hall–Kier alpha value is -2.77. The molecule has 0 spiro atoms. The maximum Gasteiger partial charge on any atom is 0.205 e. The van der Waals surface area contributed by atoms with Crippen LogP contribution < -0.4 is 0 Å². The summed E-state index contributed by atoms with van der Waals surface area (Å²) in [6.07, 6.45) is 3.88. The number of halogens is 1. The molecule has 0 saturated heterocycles. The van der Waals surface area contributed by atoms with E-state index in [4.69, 9.17) is 12.2 Å². The van der Waals surface area contributed by atoms with Gasteiger partial charge in [-0.05, 0) is 57.6 Å². The standard InChI is InChI=1S/C24H16IN3S/c25-21-9-5-4-8-19(21)22-15-28-23(27-22)20(14-26-24(28)29)18-12-10-17(11-13-18)16-6-2-1-3-7-16/h1-15,27H. The van der Waals surface area contributed by atoms with E-state index in [0.29, 0.717) is 4.77 Å². The molecule has 0 saturated carbocycles. The first kappa shape index (κ1) is 18.3.